The van der Waals surface area contributed by atoms with Crippen molar-refractivity contribution in [1.82, 2.24) is 0 Å². The van der Waals surface area contributed by atoms with Gasteiger partial charge in [0.1, 0.15) is 21.6 Å². The largest absolute Gasteiger partial charge is 0.744 e. The third-order valence-corrected chi connectivity index (χ3v) is 5.55. The van der Waals surface area contributed by atoms with Crippen LogP contribution in [0.3, 0.4) is 0 Å². The molecule has 0 fully saturated rings. The molecular formula is C22H21O6S-. The molecular weight excluding hydrogens is 392 g/mol. The number of carbonyl (C=O) groups excluding carboxylic acids is 1. The molecule has 0 bridgehead atoms. The molecule has 0 saturated heterocycles. The highest BCUT2D eigenvalue weighted by atomic mass is 32.2. The molecule has 7 heteroatoms. The van der Waals surface area contributed by atoms with E-state index in [-0.39, 0.29) is 11.5 Å². The fourth-order valence-corrected chi connectivity index (χ4v) is 3.36. The Labute approximate surface area is 169 Å². The van der Waals surface area contributed by atoms with E-state index >= 15 is 0 Å². The number of hydrogen-bond donors (Lipinski definition) is 0. The molecule has 0 aliphatic carbocycles. The number of fused-ring (bicyclic) bond motifs is 1. The summed E-state index contributed by atoms with van der Waals surface area (Å²) in [4.78, 5) is 11.8. The maximum atomic E-state index is 12.1. The normalized spacial score (nSPS) is 12.5. The van der Waals surface area contributed by atoms with Crippen LogP contribution in [0.5, 0.6) is 11.5 Å². The zero-order valence-corrected chi connectivity index (χ0v) is 16.9. The van der Waals surface area contributed by atoms with E-state index in [9.17, 15) is 17.8 Å². The summed E-state index contributed by atoms with van der Waals surface area (Å²) < 4.78 is 44.1. The fourth-order valence-electron chi connectivity index (χ4n) is 2.85. The lowest BCUT2D eigenvalue weighted by Crippen LogP contribution is -2.17. The number of esters is 1. The van der Waals surface area contributed by atoms with Crippen LogP contribution in [0.25, 0.3) is 10.8 Å². The van der Waals surface area contributed by atoms with Crippen LogP contribution in [-0.2, 0) is 14.9 Å². The Morgan fingerprint density at radius 2 is 1.59 bits per heavy atom. The van der Waals surface area contributed by atoms with E-state index in [1.165, 1.54) is 29.8 Å². The van der Waals surface area contributed by atoms with Crippen molar-refractivity contribution in [3.63, 3.8) is 0 Å². The molecule has 0 heterocycles. The molecule has 0 N–H and O–H groups in total. The van der Waals surface area contributed by atoms with Crippen LogP contribution in [0.15, 0.2) is 65.6 Å². The third-order valence-electron chi connectivity index (χ3n) is 4.72. The number of benzene rings is 3. The molecule has 3 rings (SSSR count). The van der Waals surface area contributed by atoms with Crippen LogP contribution in [0.1, 0.15) is 31.7 Å². The first-order valence-corrected chi connectivity index (χ1v) is 10.6. The predicted octanol–water partition coefficient (Wildman–Crippen LogP) is 4.24. The van der Waals surface area contributed by atoms with Gasteiger partial charge in [0, 0.05) is 0 Å². The summed E-state index contributed by atoms with van der Waals surface area (Å²) in [5.41, 5.74) is 1.21. The van der Waals surface area contributed by atoms with Crippen molar-refractivity contribution in [3.8, 4) is 11.5 Å². The van der Waals surface area contributed by atoms with Crippen LogP contribution < -0.4 is 9.47 Å². The Morgan fingerprint density at radius 1 is 0.966 bits per heavy atom. The molecule has 1 atom stereocenters. The topological polar surface area (TPSA) is 92.7 Å². The molecule has 152 valence electrons. The second-order valence-corrected chi connectivity index (χ2v) is 8.15. The van der Waals surface area contributed by atoms with Crippen molar-refractivity contribution in [2.24, 2.45) is 0 Å². The van der Waals surface area contributed by atoms with Crippen molar-refractivity contribution >= 4 is 26.9 Å². The van der Waals surface area contributed by atoms with Gasteiger partial charge in [0.2, 0.25) is 0 Å². The Balaban J connectivity index is 1.62. The van der Waals surface area contributed by atoms with Crippen molar-refractivity contribution in [3.05, 3.63) is 66.2 Å². The Kier molecular flexibility index (Phi) is 6.20. The van der Waals surface area contributed by atoms with Gasteiger partial charge in [-0.2, -0.15) is 0 Å². The minimum Gasteiger partial charge on any atom is -0.744 e. The lowest BCUT2D eigenvalue weighted by molar-refractivity contribution is -0.136. The van der Waals surface area contributed by atoms with Gasteiger partial charge in [0.25, 0.3) is 0 Å². The molecule has 3 aromatic carbocycles. The fraction of sp³-hybridized carbons (Fsp3) is 0.227. The van der Waals surface area contributed by atoms with E-state index in [0.29, 0.717) is 28.2 Å². The molecule has 1 unspecified atom stereocenters. The average Bonchev–Trinajstić information content (AvgIpc) is 2.71. The van der Waals surface area contributed by atoms with Crippen LogP contribution in [0.4, 0.5) is 0 Å². The quantitative estimate of drug-likeness (QED) is 0.327. The molecule has 0 aliphatic rings. The van der Waals surface area contributed by atoms with Gasteiger partial charge in [-0.1, -0.05) is 38.1 Å². The molecule has 29 heavy (non-hydrogen) atoms. The maximum Gasteiger partial charge on any atom is 0.349 e. The highest BCUT2D eigenvalue weighted by Crippen LogP contribution is 2.24. The molecule has 0 amide bonds. The second-order valence-electron chi connectivity index (χ2n) is 6.77. The second kappa shape index (κ2) is 8.63. The van der Waals surface area contributed by atoms with Gasteiger partial charge in [-0.05, 0) is 65.1 Å². The zero-order valence-electron chi connectivity index (χ0n) is 16.1. The van der Waals surface area contributed by atoms with Crippen LogP contribution >= 0.6 is 0 Å². The molecule has 0 saturated carbocycles. The molecule has 0 radical (unpaired) electrons. The van der Waals surface area contributed by atoms with E-state index in [1.54, 1.807) is 12.1 Å². The summed E-state index contributed by atoms with van der Waals surface area (Å²) in [5, 5.41) is 1.20. The number of ether oxygens (including phenoxy) is 2. The number of rotatable bonds is 7. The Morgan fingerprint density at radius 3 is 2.24 bits per heavy atom. The summed E-state index contributed by atoms with van der Waals surface area (Å²) >= 11 is 0. The van der Waals surface area contributed by atoms with E-state index in [0.717, 1.165) is 6.42 Å². The van der Waals surface area contributed by atoms with Crippen molar-refractivity contribution < 1.29 is 27.2 Å². The molecule has 3 aromatic rings. The minimum atomic E-state index is -4.52. The summed E-state index contributed by atoms with van der Waals surface area (Å²) in [6.45, 7) is 4.04. The average molecular weight is 413 g/mol. The number of hydrogen-bond acceptors (Lipinski definition) is 6. The standard InChI is InChI=1S/C22H22O6S/c1-3-15(2)16-4-8-19(9-5-16)27-14-22(23)28-20-10-6-18-13-21(29(24,25)26)11-7-17(18)12-20/h4-13,15H,3,14H2,1-2H3,(H,24,25,26)/p-1. The minimum absolute atomic E-state index is 0.242. The highest BCUT2D eigenvalue weighted by molar-refractivity contribution is 7.85. The van der Waals surface area contributed by atoms with E-state index in [1.807, 2.05) is 24.3 Å². The molecule has 0 aromatic heterocycles. The van der Waals surface area contributed by atoms with Gasteiger partial charge in [0.05, 0.1) is 4.90 Å². The van der Waals surface area contributed by atoms with Gasteiger partial charge in [-0.25, -0.2) is 13.2 Å². The van der Waals surface area contributed by atoms with Gasteiger partial charge < -0.3 is 14.0 Å². The summed E-state index contributed by atoms with van der Waals surface area (Å²) in [6, 6.07) is 16.3. The lowest BCUT2D eigenvalue weighted by atomic mass is 9.99. The van der Waals surface area contributed by atoms with Gasteiger partial charge in [-0.3, -0.25) is 0 Å². The summed E-state index contributed by atoms with van der Waals surface area (Å²) in [5.74, 6) is 0.788. The van der Waals surface area contributed by atoms with Crippen molar-refractivity contribution in [2.75, 3.05) is 6.61 Å². The van der Waals surface area contributed by atoms with Crippen LogP contribution in [0, 0.1) is 0 Å². The molecule has 0 spiro atoms. The van der Waals surface area contributed by atoms with Gasteiger partial charge >= 0.3 is 5.97 Å². The lowest BCUT2D eigenvalue weighted by Gasteiger charge is -2.11. The first kappa shape index (κ1) is 20.8. The van der Waals surface area contributed by atoms with E-state index in [2.05, 4.69) is 13.8 Å². The van der Waals surface area contributed by atoms with Gasteiger partial charge in [-0.15, -0.1) is 0 Å². The SMILES string of the molecule is CCC(C)c1ccc(OCC(=O)Oc2ccc3cc(S(=O)(=O)[O-])ccc3c2)cc1. The van der Waals surface area contributed by atoms with Crippen LogP contribution in [-0.4, -0.2) is 25.5 Å². The van der Waals surface area contributed by atoms with E-state index in [4.69, 9.17) is 9.47 Å². The monoisotopic (exact) mass is 413 g/mol. The smallest absolute Gasteiger partial charge is 0.349 e. The Bertz CT molecular complexity index is 1120. The first-order chi connectivity index (χ1) is 13.8. The first-order valence-electron chi connectivity index (χ1n) is 9.19. The maximum absolute atomic E-state index is 12.1. The zero-order chi connectivity index (χ0) is 21.0. The van der Waals surface area contributed by atoms with Crippen LogP contribution in [0.2, 0.25) is 0 Å². The van der Waals surface area contributed by atoms with Gasteiger partial charge in [0.15, 0.2) is 6.61 Å². The summed E-state index contributed by atoms with van der Waals surface area (Å²) in [7, 11) is -4.52. The van der Waals surface area contributed by atoms with E-state index < -0.39 is 16.1 Å². The predicted molar refractivity (Wildman–Crippen MR) is 108 cm³/mol. The highest BCUT2D eigenvalue weighted by Gasteiger charge is 2.09. The van der Waals surface area contributed by atoms with Crippen molar-refractivity contribution in [2.45, 2.75) is 31.1 Å². The Hall–Kier alpha value is -2.90. The molecule has 6 nitrogen and oxygen atoms in total. The number of carbonyl (C=O) groups is 1. The summed E-state index contributed by atoms with van der Waals surface area (Å²) in [6.07, 6.45) is 1.05. The molecule has 0 aliphatic heterocycles. The van der Waals surface area contributed by atoms with Crippen molar-refractivity contribution in [1.29, 1.82) is 0 Å². The third kappa shape index (κ3) is 5.34.